The summed E-state index contributed by atoms with van der Waals surface area (Å²) < 4.78 is 5.38. The molecule has 0 aliphatic rings. The molecule has 4 rings (SSSR count). The molecular weight excluding hydrogens is 571 g/mol. The molecule has 0 bridgehead atoms. The fraction of sp³-hybridized carbons (Fsp3) is 0.0800. The average molecular weight is 590 g/mol. The molecule has 13 heteroatoms. The molecule has 3 aromatic heterocycles. The number of nitrogens with one attached hydrogen (secondary N) is 2. The van der Waals surface area contributed by atoms with Crippen molar-refractivity contribution < 1.29 is 14.3 Å². The van der Waals surface area contributed by atoms with E-state index < -0.39 is 11.8 Å². The molecule has 0 unspecified atom stereocenters. The molecule has 0 radical (unpaired) electrons. The molecule has 9 nitrogen and oxygen atoms in total. The zero-order chi connectivity index (χ0) is 27.2. The molecule has 0 spiro atoms. The standard InChI is InChI=1S/C25H19Cl3N6O3S/c1-37-18-9-16(27)8-17(24(35)33-19-3-2-15(26)11-31-19)21(18)34-25(36)22-20(28)14(12-38-22)10-32-23(29)13-4-6-30-7-5-13/h2-9,11-12H,10H2,1H3,(H2,29,32)(H,34,36)(H,31,33,35). The summed E-state index contributed by atoms with van der Waals surface area (Å²) >= 11 is 19.7. The second-order valence-electron chi connectivity index (χ2n) is 7.64. The molecule has 4 aromatic rings. The van der Waals surface area contributed by atoms with Gasteiger partial charge in [0.1, 0.15) is 22.3 Å². The summed E-state index contributed by atoms with van der Waals surface area (Å²) in [4.78, 5) is 38.9. The summed E-state index contributed by atoms with van der Waals surface area (Å²) in [5.74, 6) is -0.361. The van der Waals surface area contributed by atoms with Crippen molar-refractivity contribution in [3.63, 3.8) is 0 Å². The fourth-order valence-corrected chi connectivity index (χ4v) is 4.84. The summed E-state index contributed by atoms with van der Waals surface area (Å²) in [7, 11) is 1.39. The molecule has 0 aliphatic carbocycles. The van der Waals surface area contributed by atoms with Crippen LogP contribution in [0.25, 0.3) is 0 Å². The second kappa shape index (κ2) is 12.2. The van der Waals surface area contributed by atoms with Crippen LogP contribution in [0.4, 0.5) is 11.5 Å². The smallest absolute Gasteiger partial charge is 0.267 e. The minimum absolute atomic E-state index is 0.0575. The maximum absolute atomic E-state index is 13.2. The average Bonchev–Trinajstić information content (AvgIpc) is 3.29. The van der Waals surface area contributed by atoms with Crippen molar-refractivity contribution in [2.45, 2.75) is 6.54 Å². The first-order valence-electron chi connectivity index (χ1n) is 10.8. The van der Waals surface area contributed by atoms with E-state index in [1.54, 1.807) is 36.0 Å². The maximum Gasteiger partial charge on any atom is 0.267 e. The second-order valence-corrected chi connectivity index (χ2v) is 9.77. The number of ether oxygens (including phenoxy) is 1. The van der Waals surface area contributed by atoms with E-state index in [0.717, 1.165) is 16.9 Å². The first-order valence-corrected chi connectivity index (χ1v) is 12.9. The Labute approximate surface area is 236 Å². The third kappa shape index (κ3) is 6.40. The van der Waals surface area contributed by atoms with E-state index in [1.165, 1.54) is 31.5 Å². The molecular formula is C25H19Cl3N6O3S. The lowest BCUT2D eigenvalue weighted by molar-refractivity contribution is 0.102. The van der Waals surface area contributed by atoms with Crippen molar-refractivity contribution in [3.8, 4) is 5.75 Å². The van der Waals surface area contributed by atoms with E-state index in [9.17, 15) is 9.59 Å². The number of amidine groups is 1. The third-order valence-corrected chi connectivity index (χ3v) is 7.15. The van der Waals surface area contributed by atoms with E-state index in [1.807, 2.05) is 0 Å². The van der Waals surface area contributed by atoms with Gasteiger partial charge in [0, 0.05) is 40.8 Å². The van der Waals surface area contributed by atoms with Gasteiger partial charge in [-0.3, -0.25) is 19.6 Å². The first kappa shape index (κ1) is 27.3. The Kier molecular flexibility index (Phi) is 8.80. The van der Waals surface area contributed by atoms with E-state index in [-0.39, 0.29) is 44.3 Å². The van der Waals surface area contributed by atoms with Crippen molar-refractivity contribution in [2.75, 3.05) is 17.7 Å². The van der Waals surface area contributed by atoms with Crippen LogP contribution in [0.2, 0.25) is 15.1 Å². The highest BCUT2D eigenvalue weighted by Gasteiger charge is 2.23. The van der Waals surface area contributed by atoms with Gasteiger partial charge in [0.05, 0.1) is 35.0 Å². The first-order chi connectivity index (χ1) is 18.3. The Morgan fingerprint density at radius 2 is 1.82 bits per heavy atom. The molecule has 0 saturated heterocycles. The number of aliphatic imine (C=N–C) groups is 1. The highest BCUT2D eigenvalue weighted by atomic mass is 35.5. The normalized spacial score (nSPS) is 11.2. The number of pyridine rings is 2. The van der Waals surface area contributed by atoms with Gasteiger partial charge in [-0.2, -0.15) is 0 Å². The highest BCUT2D eigenvalue weighted by Crippen LogP contribution is 2.35. The number of amides is 2. The van der Waals surface area contributed by atoms with Crippen LogP contribution in [0.1, 0.15) is 31.2 Å². The molecule has 3 heterocycles. The van der Waals surface area contributed by atoms with Crippen LogP contribution in [-0.2, 0) is 6.54 Å². The number of carbonyl (C=O) groups is 2. The van der Waals surface area contributed by atoms with Crippen LogP contribution in [0.3, 0.4) is 0 Å². The fourth-order valence-electron chi connectivity index (χ4n) is 3.28. The number of benzene rings is 1. The van der Waals surface area contributed by atoms with Gasteiger partial charge in [0.15, 0.2) is 0 Å². The number of hydrogen-bond donors (Lipinski definition) is 3. The van der Waals surface area contributed by atoms with Crippen molar-refractivity contribution in [1.82, 2.24) is 9.97 Å². The third-order valence-electron chi connectivity index (χ3n) is 5.14. The number of methoxy groups -OCH3 is 1. The Bertz CT molecular complexity index is 1510. The van der Waals surface area contributed by atoms with E-state index in [0.29, 0.717) is 16.4 Å². The van der Waals surface area contributed by atoms with Crippen LogP contribution in [0.15, 0.2) is 65.4 Å². The lowest BCUT2D eigenvalue weighted by Crippen LogP contribution is -2.19. The number of hydrogen-bond acceptors (Lipinski definition) is 7. The highest BCUT2D eigenvalue weighted by molar-refractivity contribution is 7.13. The Morgan fingerprint density at radius 3 is 2.50 bits per heavy atom. The summed E-state index contributed by atoms with van der Waals surface area (Å²) in [6, 6.07) is 9.48. The summed E-state index contributed by atoms with van der Waals surface area (Å²) in [6.07, 6.45) is 4.62. The van der Waals surface area contributed by atoms with Gasteiger partial charge in [0.25, 0.3) is 11.8 Å². The van der Waals surface area contributed by atoms with Crippen molar-refractivity contribution in [3.05, 3.63) is 97.0 Å². The van der Waals surface area contributed by atoms with Crippen molar-refractivity contribution >= 4 is 75.3 Å². The van der Waals surface area contributed by atoms with Gasteiger partial charge in [0.2, 0.25) is 0 Å². The van der Waals surface area contributed by atoms with Crippen LogP contribution in [0.5, 0.6) is 5.75 Å². The van der Waals surface area contributed by atoms with Gasteiger partial charge in [-0.15, -0.1) is 11.3 Å². The monoisotopic (exact) mass is 588 g/mol. The summed E-state index contributed by atoms with van der Waals surface area (Å²) in [5, 5.41) is 7.97. The van der Waals surface area contributed by atoms with Crippen LogP contribution < -0.4 is 21.1 Å². The zero-order valence-corrected chi connectivity index (χ0v) is 22.8. The van der Waals surface area contributed by atoms with Crippen molar-refractivity contribution in [1.29, 1.82) is 0 Å². The van der Waals surface area contributed by atoms with Crippen molar-refractivity contribution in [2.24, 2.45) is 10.7 Å². The topological polar surface area (TPSA) is 132 Å². The number of anilines is 2. The van der Waals surface area contributed by atoms with Gasteiger partial charge >= 0.3 is 0 Å². The zero-order valence-electron chi connectivity index (χ0n) is 19.7. The predicted octanol–water partition coefficient (Wildman–Crippen LogP) is 5.92. The molecule has 0 aliphatic heterocycles. The molecule has 38 heavy (non-hydrogen) atoms. The number of nitrogens with two attached hydrogens (primary N) is 1. The quantitative estimate of drug-likeness (QED) is 0.173. The van der Waals surface area contributed by atoms with E-state index in [2.05, 4.69) is 25.6 Å². The minimum atomic E-state index is -0.574. The SMILES string of the molecule is COc1cc(Cl)cc(C(=O)Nc2ccc(Cl)cn2)c1NC(=O)c1scc(CN=C(N)c2ccncc2)c1Cl. The van der Waals surface area contributed by atoms with E-state index >= 15 is 0 Å². The molecule has 4 N–H and O–H groups in total. The van der Waals surface area contributed by atoms with Gasteiger partial charge in [-0.1, -0.05) is 34.8 Å². The number of halogens is 3. The predicted molar refractivity (Wildman–Crippen MR) is 151 cm³/mol. The molecule has 194 valence electrons. The molecule has 2 amide bonds. The molecule has 0 fully saturated rings. The van der Waals surface area contributed by atoms with E-state index in [4.69, 9.17) is 45.3 Å². The molecule has 0 saturated carbocycles. The van der Waals surface area contributed by atoms with Crippen LogP contribution >= 0.6 is 46.1 Å². The van der Waals surface area contributed by atoms with Crippen LogP contribution in [0, 0.1) is 0 Å². The number of aromatic nitrogens is 2. The molecule has 0 atom stereocenters. The Morgan fingerprint density at radius 1 is 1.05 bits per heavy atom. The van der Waals surface area contributed by atoms with Crippen LogP contribution in [-0.4, -0.2) is 34.7 Å². The maximum atomic E-state index is 13.2. The summed E-state index contributed by atoms with van der Waals surface area (Å²) in [5.41, 5.74) is 7.55. The lowest BCUT2D eigenvalue weighted by Gasteiger charge is -2.15. The molecule has 1 aromatic carbocycles. The van der Waals surface area contributed by atoms with Gasteiger partial charge in [-0.25, -0.2) is 4.98 Å². The van der Waals surface area contributed by atoms with Gasteiger partial charge in [-0.05, 0) is 35.7 Å². The lowest BCUT2D eigenvalue weighted by atomic mass is 10.1. The van der Waals surface area contributed by atoms with Gasteiger partial charge < -0.3 is 21.1 Å². The number of nitrogens with zero attached hydrogens (tertiary/aromatic N) is 3. The Balaban J connectivity index is 1.57. The number of rotatable bonds is 8. The number of carbonyl (C=O) groups excluding carboxylic acids is 2. The number of thiophene rings is 1. The Hall–Kier alpha value is -3.70. The largest absolute Gasteiger partial charge is 0.494 e. The minimum Gasteiger partial charge on any atom is -0.494 e. The summed E-state index contributed by atoms with van der Waals surface area (Å²) in [6.45, 7) is 0.169.